The lowest BCUT2D eigenvalue weighted by atomic mass is 9.75. The SMILES string of the molecule is CC1CC(c2cscn2)C1. The van der Waals surface area contributed by atoms with Gasteiger partial charge in [-0.25, -0.2) is 4.98 Å². The molecule has 0 amide bonds. The molecule has 0 bridgehead atoms. The van der Waals surface area contributed by atoms with E-state index in [2.05, 4.69) is 17.3 Å². The van der Waals surface area contributed by atoms with Crippen molar-refractivity contribution in [2.45, 2.75) is 25.7 Å². The Bertz CT molecular complexity index is 199. The van der Waals surface area contributed by atoms with Crippen LogP contribution in [0, 0.1) is 5.92 Å². The highest BCUT2D eigenvalue weighted by atomic mass is 32.1. The van der Waals surface area contributed by atoms with Crippen LogP contribution in [0.25, 0.3) is 0 Å². The van der Waals surface area contributed by atoms with Gasteiger partial charge in [0, 0.05) is 11.3 Å². The summed E-state index contributed by atoms with van der Waals surface area (Å²) in [4.78, 5) is 4.29. The summed E-state index contributed by atoms with van der Waals surface area (Å²) in [5, 5.41) is 2.18. The van der Waals surface area contributed by atoms with Crippen molar-refractivity contribution in [3.05, 3.63) is 16.6 Å². The second-order valence-corrected chi connectivity index (χ2v) is 3.91. The molecule has 0 radical (unpaired) electrons. The van der Waals surface area contributed by atoms with Crippen molar-refractivity contribution in [1.82, 2.24) is 4.98 Å². The molecule has 10 heavy (non-hydrogen) atoms. The van der Waals surface area contributed by atoms with E-state index < -0.39 is 0 Å². The van der Waals surface area contributed by atoms with E-state index >= 15 is 0 Å². The maximum atomic E-state index is 4.29. The monoisotopic (exact) mass is 153 g/mol. The Morgan fingerprint density at radius 2 is 2.40 bits per heavy atom. The molecule has 0 aliphatic heterocycles. The maximum Gasteiger partial charge on any atom is 0.0794 e. The summed E-state index contributed by atoms with van der Waals surface area (Å²) in [6, 6.07) is 0. The van der Waals surface area contributed by atoms with E-state index in [4.69, 9.17) is 0 Å². The first-order valence-electron chi connectivity index (χ1n) is 3.74. The van der Waals surface area contributed by atoms with Crippen LogP contribution < -0.4 is 0 Å². The minimum absolute atomic E-state index is 0.793. The van der Waals surface area contributed by atoms with Gasteiger partial charge in [0.15, 0.2) is 0 Å². The van der Waals surface area contributed by atoms with Crippen LogP contribution in [0.2, 0.25) is 0 Å². The van der Waals surface area contributed by atoms with Crippen LogP contribution in [0.5, 0.6) is 0 Å². The minimum atomic E-state index is 0.793. The molecule has 1 aliphatic rings. The van der Waals surface area contributed by atoms with Crippen LogP contribution in [0.15, 0.2) is 10.9 Å². The number of aromatic nitrogens is 1. The number of hydrogen-bond donors (Lipinski definition) is 0. The highest BCUT2D eigenvalue weighted by Gasteiger charge is 2.27. The van der Waals surface area contributed by atoms with E-state index in [0.717, 1.165) is 11.8 Å². The summed E-state index contributed by atoms with van der Waals surface area (Å²) in [5.74, 6) is 1.73. The van der Waals surface area contributed by atoms with E-state index in [1.54, 1.807) is 11.3 Å². The molecule has 0 atom stereocenters. The van der Waals surface area contributed by atoms with Crippen LogP contribution in [-0.2, 0) is 0 Å². The zero-order chi connectivity index (χ0) is 6.97. The Morgan fingerprint density at radius 3 is 2.90 bits per heavy atom. The lowest BCUT2D eigenvalue weighted by Gasteiger charge is -2.31. The summed E-state index contributed by atoms with van der Waals surface area (Å²) in [7, 11) is 0. The highest BCUT2D eigenvalue weighted by Crippen LogP contribution is 2.40. The fourth-order valence-corrected chi connectivity index (χ4v) is 2.20. The van der Waals surface area contributed by atoms with E-state index in [1.807, 2.05) is 5.51 Å². The van der Waals surface area contributed by atoms with Crippen molar-refractivity contribution >= 4 is 11.3 Å². The Morgan fingerprint density at radius 1 is 1.60 bits per heavy atom. The standard InChI is InChI=1S/C8H11NS/c1-6-2-7(3-6)8-4-10-5-9-8/h4-7H,2-3H2,1H3. The molecule has 1 fully saturated rings. The smallest absolute Gasteiger partial charge is 0.0794 e. The summed E-state index contributed by atoms with van der Waals surface area (Å²) < 4.78 is 0. The Kier molecular flexibility index (Phi) is 1.49. The quantitative estimate of drug-likeness (QED) is 0.604. The fraction of sp³-hybridized carbons (Fsp3) is 0.625. The molecule has 1 aromatic heterocycles. The molecule has 2 heteroatoms. The number of rotatable bonds is 1. The molecule has 2 rings (SSSR count). The molecule has 1 heterocycles. The van der Waals surface area contributed by atoms with Gasteiger partial charge >= 0.3 is 0 Å². The van der Waals surface area contributed by atoms with Gasteiger partial charge in [-0.2, -0.15) is 0 Å². The van der Waals surface area contributed by atoms with E-state index in [9.17, 15) is 0 Å². The number of hydrogen-bond acceptors (Lipinski definition) is 2. The number of nitrogens with zero attached hydrogens (tertiary/aromatic N) is 1. The number of thiazole rings is 1. The average molecular weight is 153 g/mol. The first-order chi connectivity index (χ1) is 4.86. The van der Waals surface area contributed by atoms with Gasteiger partial charge in [-0.05, 0) is 18.8 Å². The topological polar surface area (TPSA) is 12.9 Å². The van der Waals surface area contributed by atoms with E-state index in [1.165, 1.54) is 18.5 Å². The Labute approximate surface area is 65.1 Å². The normalized spacial score (nSPS) is 31.7. The van der Waals surface area contributed by atoms with Crippen LogP contribution in [0.4, 0.5) is 0 Å². The molecule has 0 aromatic carbocycles. The molecule has 1 aliphatic carbocycles. The molecule has 0 spiro atoms. The highest BCUT2D eigenvalue weighted by molar-refractivity contribution is 7.07. The molecule has 0 saturated heterocycles. The van der Waals surface area contributed by atoms with Gasteiger partial charge in [0.2, 0.25) is 0 Å². The van der Waals surface area contributed by atoms with E-state index in [0.29, 0.717) is 0 Å². The van der Waals surface area contributed by atoms with Crippen LogP contribution >= 0.6 is 11.3 Å². The van der Waals surface area contributed by atoms with E-state index in [-0.39, 0.29) is 0 Å². The second-order valence-electron chi connectivity index (χ2n) is 3.19. The van der Waals surface area contributed by atoms with Crippen LogP contribution in [0.1, 0.15) is 31.4 Å². The van der Waals surface area contributed by atoms with Crippen molar-refractivity contribution in [1.29, 1.82) is 0 Å². The molecule has 1 aromatic rings. The molecule has 1 nitrogen and oxygen atoms in total. The third-order valence-electron chi connectivity index (χ3n) is 2.24. The minimum Gasteiger partial charge on any atom is -0.249 e. The predicted octanol–water partition coefficient (Wildman–Crippen LogP) is 2.66. The lowest BCUT2D eigenvalue weighted by molar-refractivity contribution is 0.284. The van der Waals surface area contributed by atoms with Gasteiger partial charge in [0.25, 0.3) is 0 Å². The van der Waals surface area contributed by atoms with Gasteiger partial charge < -0.3 is 0 Å². The van der Waals surface area contributed by atoms with Gasteiger partial charge in [-0.3, -0.25) is 0 Å². The summed E-state index contributed by atoms with van der Waals surface area (Å²) in [6.45, 7) is 2.31. The van der Waals surface area contributed by atoms with Gasteiger partial charge in [-0.1, -0.05) is 6.92 Å². The molecule has 0 unspecified atom stereocenters. The summed E-state index contributed by atoms with van der Waals surface area (Å²) >= 11 is 1.71. The predicted molar refractivity (Wildman–Crippen MR) is 43.3 cm³/mol. The third-order valence-corrected chi connectivity index (χ3v) is 2.85. The second kappa shape index (κ2) is 2.35. The Balaban J connectivity index is 2.04. The third kappa shape index (κ3) is 0.966. The first-order valence-corrected chi connectivity index (χ1v) is 4.68. The summed E-state index contributed by atoms with van der Waals surface area (Å²) in [6.07, 6.45) is 2.70. The van der Waals surface area contributed by atoms with Crippen LogP contribution in [-0.4, -0.2) is 4.98 Å². The van der Waals surface area contributed by atoms with Gasteiger partial charge in [0.05, 0.1) is 11.2 Å². The summed E-state index contributed by atoms with van der Waals surface area (Å²) in [5.41, 5.74) is 3.25. The fourth-order valence-electron chi connectivity index (χ4n) is 1.57. The average Bonchev–Trinajstić information content (AvgIpc) is 2.31. The molecular weight excluding hydrogens is 142 g/mol. The van der Waals surface area contributed by atoms with Gasteiger partial charge in [-0.15, -0.1) is 11.3 Å². The van der Waals surface area contributed by atoms with Crippen LogP contribution in [0.3, 0.4) is 0 Å². The maximum absolute atomic E-state index is 4.29. The Hall–Kier alpha value is -0.370. The first kappa shape index (κ1) is 6.35. The van der Waals surface area contributed by atoms with Crippen molar-refractivity contribution in [3.8, 4) is 0 Å². The zero-order valence-corrected chi connectivity index (χ0v) is 6.90. The van der Waals surface area contributed by atoms with Crippen molar-refractivity contribution in [3.63, 3.8) is 0 Å². The molecular formula is C8H11NS. The molecule has 0 N–H and O–H groups in total. The lowest BCUT2D eigenvalue weighted by Crippen LogP contribution is -2.18. The van der Waals surface area contributed by atoms with Gasteiger partial charge in [0.1, 0.15) is 0 Å². The molecule has 1 saturated carbocycles. The molecule has 54 valence electrons. The van der Waals surface area contributed by atoms with Crippen molar-refractivity contribution in [2.75, 3.05) is 0 Å². The largest absolute Gasteiger partial charge is 0.249 e. The van der Waals surface area contributed by atoms with Crippen molar-refractivity contribution in [2.24, 2.45) is 5.92 Å². The zero-order valence-electron chi connectivity index (χ0n) is 6.08. The van der Waals surface area contributed by atoms with Crippen molar-refractivity contribution < 1.29 is 0 Å².